The Bertz CT molecular complexity index is 1140. The molecule has 1 aliphatic heterocycles. The van der Waals surface area contributed by atoms with Gasteiger partial charge in [-0.2, -0.15) is 5.10 Å². The van der Waals surface area contributed by atoms with E-state index >= 15 is 0 Å². The van der Waals surface area contributed by atoms with Crippen molar-refractivity contribution >= 4 is 28.1 Å². The summed E-state index contributed by atoms with van der Waals surface area (Å²) in [4.78, 5) is 27.2. The number of anilines is 2. The fraction of sp³-hybridized carbons (Fsp3) is 0.421. The molecule has 3 aromatic rings. The van der Waals surface area contributed by atoms with E-state index in [-0.39, 0.29) is 16.6 Å². The predicted molar refractivity (Wildman–Crippen MR) is 113 cm³/mol. The van der Waals surface area contributed by atoms with E-state index in [1.165, 1.54) is 13.2 Å². The maximum absolute atomic E-state index is 12.8. The summed E-state index contributed by atoms with van der Waals surface area (Å²) in [5, 5.41) is 15.6. The molecule has 1 N–H and O–H groups in total. The van der Waals surface area contributed by atoms with E-state index in [0.717, 1.165) is 30.0 Å². The third kappa shape index (κ3) is 4.30. The van der Waals surface area contributed by atoms with Gasteiger partial charge in [-0.1, -0.05) is 11.3 Å². The van der Waals surface area contributed by atoms with E-state index < -0.39 is 11.5 Å². The van der Waals surface area contributed by atoms with E-state index in [0.29, 0.717) is 29.9 Å². The number of nitrogens with zero attached hydrogens (tertiary/aromatic N) is 5. The molecule has 0 spiro atoms. The van der Waals surface area contributed by atoms with Crippen molar-refractivity contribution in [2.24, 2.45) is 5.92 Å². The maximum Gasteiger partial charge on any atom is 0.381 e. The minimum atomic E-state index is -0.717. The van der Waals surface area contributed by atoms with Crippen molar-refractivity contribution in [3.05, 3.63) is 40.2 Å². The highest BCUT2D eigenvalue weighted by Gasteiger charge is 2.28. The van der Waals surface area contributed by atoms with Crippen LogP contribution in [0.1, 0.15) is 22.7 Å². The zero-order chi connectivity index (χ0) is 22.0. The lowest BCUT2D eigenvalue weighted by molar-refractivity contribution is 0.0991. The third-order valence-corrected chi connectivity index (χ3v) is 5.81. The smallest absolute Gasteiger partial charge is 0.381 e. The van der Waals surface area contributed by atoms with Crippen LogP contribution in [0.5, 0.6) is 5.75 Å². The molecule has 31 heavy (non-hydrogen) atoms. The average molecular weight is 446 g/mol. The first kappa shape index (κ1) is 21.0. The van der Waals surface area contributed by atoms with Crippen molar-refractivity contribution in [3.8, 4) is 10.9 Å². The van der Waals surface area contributed by atoms with Crippen molar-refractivity contribution in [2.45, 2.75) is 13.3 Å². The van der Waals surface area contributed by atoms with Crippen LogP contribution in [-0.2, 0) is 4.74 Å². The van der Waals surface area contributed by atoms with Gasteiger partial charge in [0.15, 0.2) is 5.76 Å². The van der Waals surface area contributed by atoms with E-state index in [1.807, 2.05) is 17.9 Å². The van der Waals surface area contributed by atoms with Crippen LogP contribution in [0.15, 0.2) is 27.5 Å². The summed E-state index contributed by atoms with van der Waals surface area (Å²) in [5.74, 6) is -0.330. The van der Waals surface area contributed by atoms with Crippen molar-refractivity contribution in [1.82, 2.24) is 20.0 Å². The maximum atomic E-state index is 12.8. The Morgan fingerprint density at radius 2 is 2.23 bits per heavy atom. The predicted octanol–water partition coefficient (Wildman–Crippen LogP) is 1.72. The SMILES string of the molecule is COC[C@@H]1CCN(c2cc(C(=O)Nc3nnc(-n4nccc4C)s3)oc(=O)c2OC)C1. The van der Waals surface area contributed by atoms with Gasteiger partial charge in [-0.3, -0.25) is 10.1 Å². The minimum absolute atomic E-state index is 0.0713. The number of ether oxygens (including phenoxy) is 2. The van der Waals surface area contributed by atoms with Crippen LogP contribution in [-0.4, -0.2) is 59.8 Å². The molecule has 1 atom stereocenters. The standard InChI is InChI=1S/C19H22N6O5S/c1-11-4-6-20-25(11)19-23-22-18(31-19)21-16(26)14-8-13(15(29-3)17(27)30-14)24-7-5-12(9-24)10-28-2/h4,6,8,12H,5,7,9-10H2,1-3H3,(H,21,22,26)/t12-/m1/s1. The quantitative estimate of drug-likeness (QED) is 0.577. The van der Waals surface area contributed by atoms with Crippen LogP contribution in [0.2, 0.25) is 0 Å². The van der Waals surface area contributed by atoms with Crippen LogP contribution in [0.25, 0.3) is 5.13 Å². The van der Waals surface area contributed by atoms with Gasteiger partial charge in [-0.15, -0.1) is 10.2 Å². The molecule has 164 valence electrons. The lowest BCUT2D eigenvalue weighted by Crippen LogP contribution is -2.25. The molecule has 0 unspecified atom stereocenters. The summed E-state index contributed by atoms with van der Waals surface area (Å²) >= 11 is 1.15. The lowest BCUT2D eigenvalue weighted by Gasteiger charge is -2.20. The molecule has 4 heterocycles. The molecule has 0 radical (unpaired) electrons. The van der Waals surface area contributed by atoms with Gasteiger partial charge in [-0.05, 0) is 19.4 Å². The first-order valence-electron chi connectivity index (χ1n) is 9.62. The molecule has 1 amide bonds. The van der Waals surface area contributed by atoms with Crippen LogP contribution in [0.4, 0.5) is 10.8 Å². The molecule has 4 rings (SSSR count). The topological polar surface area (TPSA) is 125 Å². The number of aryl methyl sites for hydroxylation is 1. The van der Waals surface area contributed by atoms with Gasteiger partial charge in [0.2, 0.25) is 16.0 Å². The van der Waals surface area contributed by atoms with Crippen molar-refractivity contribution in [2.75, 3.05) is 44.1 Å². The Labute approximate surface area is 181 Å². The van der Waals surface area contributed by atoms with Crippen molar-refractivity contribution in [3.63, 3.8) is 0 Å². The molecule has 12 heteroatoms. The highest BCUT2D eigenvalue weighted by Crippen LogP contribution is 2.31. The van der Waals surface area contributed by atoms with E-state index in [1.54, 1.807) is 18.0 Å². The Morgan fingerprint density at radius 3 is 2.94 bits per heavy atom. The Balaban J connectivity index is 1.56. The second-order valence-electron chi connectivity index (χ2n) is 7.10. The van der Waals surface area contributed by atoms with Crippen LogP contribution in [0, 0.1) is 12.8 Å². The summed E-state index contributed by atoms with van der Waals surface area (Å²) in [7, 11) is 3.06. The fourth-order valence-corrected chi connectivity index (χ4v) is 4.27. The van der Waals surface area contributed by atoms with Gasteiger partial charge >= 0.3 is 5.63 Å². The van der Waals surface area contributed by atoms with Crippen LogP contribution >= 0.6 is 11.3 Å². The van der Waals surface area contributed by atoms with E-state index in [9.17, 15) is 9.59 Å². The summed E-state index contributed by atoms with van der Waals surface area (Å²) in [6, 6.07) is 3.35. The summed E-state index contributed by atoms with van der Waals surface area (Å²) in [5.41, 5.74) is 0.690. The molecule has 0 bridgehead atoms. The minimum Gasteiger partial charge on any atom is -0.488 e. The third-order valence-electron chi connectivity index (χ3n) is 4.99. The van der Waals surface area contributed by atoms with Gasteiger partial charge < -0.3 is 18.8 Å². The molecular formula is C19H22N6O5S. The molecule has 1 aliphatic rings. The molecule has 0 aromatic carbocycles. The molecule has 0 aliphatic carbocycles. The number of nitrogens with one attached hydrogen (secondary N) is 1. The van der Waals surface area contributed by atoms with Gasteiger partial charge in [0.1, 0.15) is 0 Å². The fourth-order valence-electron chi connectivity index (χ4n) is 3.51. The first-order valence-corrected chi connectivity index (χ1v) is 10.4. The van der Waals surface area contributed by atoms with Crippen molar-refractivity contribution in [1.29, 1.82) is 0 Å². The molecule has 0 saturated carbocycles. The largest absolute Gasteiger partial charge is 0.488 e. The average Bonchev–Trinajstić information content (AvgIpc) is 3.49. The molecular weight excluding hydrogens is 424 g/mol. The number of carbonyl (C=O) groups is 1. The highest BCUT2D eigenvalue weighted by molar-refractivity contribution is 7.17. The number of amides is 1. The second kappa shape index (κ2) is 8.86. The summed E-state index contributed by atoms with van der Waals surface area (Å²) < 4.78 is 17.3. The van der Waals surface area contributed by atoms with Gasteiger partial charge in [0.05, 0.1) is 19.4 Å². The Kier molecular flexibility index (Phi) is 6.00. The lowest BCUT2D eigenvalue weighted by atomic mass is 10.1. The molecule has 3 aromatic heterocycles. The highest BCUT2D eigenvalue weighted by atomic mass is 32.1. The monoisotopic (exact) mass is 446 g/mol. The number of carbonyl (C=O) groups excluding carboxylic acids is 1. The van der Waals surface area contributed by atoms with Crippen molar-refractivity contribution < 1.29 is 18.7 Å². The summed E-state index contributed by atoms with van der Waals surface area (Å²) in [6.45, 7) is 3.92. The second-order valence-corrected chi connectivity index (χ2v) is 8.06. The zero-order valence-corrected chi connectivity index (χ0v) is 18.1. The number of hydrogen-bond acceptors (Lipinski definition) is 10. The van der Waals surface area contributed by atoms with Crippen LogP contribution < -0.4 is 20.6 Å². The normalized spacial score (nSPS) is 16.0. The summed E-state index contributed by atoms with van der Waals surface area (Å²) in [6.07, 6.45) is 2.57. The van der Waals surface area contributed by atoms with Crippen LogP contribution in [0.3, 0.4) is 0 Å². The number of methoxy groups -OCH3 is 2. The molecule has 1 fully saturated rings. The number of rotatable bonds is 7. The zero-order valence-electron chi connectivity index (χ0n) is 17.3. The Morgan fingerprint density at radius 1 is 1.39 bits per heavy atom. The number of aromatic nitrogens is 4. The van der Waals surface area contributed by atoms with Gasteiger partial charge in [-0.25, -0.2) is 9.48 Å². The molecule has 11 nitrogen and oxygen atoms in total. The van der Waals surface area contributed by atoms with E-state index in [4.69, 9.17) is 13.9 Å². The Hall–Kier alpha value is -3.25. The number of hydrogen-bond donors (Lipinski definition) is 1. The molecule has 1 saturated heterocycles. The first-order chi connectivity index (χ1) is 15.0. The van der Waals surface area contributed by atoms with Gasteiger partial charge in [0.25, 0.3) is 5.91 Å². The van der Waals surface area contributed by atoms with Gasteiger partial charge in [0, 0.05) is 44.1 Å². The van der Waals surface area contributed by atoms with E-state index in [2.05, 4.69) is 20.6 Å².